The second-order valence-electron chi connectivity index (χ2n) is 4.88. The van der Waals surface area contributed by atoms with E-state index in [4.69, 9.17) is 5.73 Å². The first-order valence-electron chi connectivity index (χ1n) is 7.31. The van der Waals surface area contributed by atoms with Crippen LogP contribution in [0.2, 0.25) is 0 Å². The maximum Gasteiger partial charge on any atom is 0.251 e. The van der Waals surface area contributed by atoms with Crippen molar-refractivity contribution in [2.75, 3.05) is 18.4 Å². The summed E-state index contributed by atoms with van der Waals surface area (Å²) in [4.78, 5) is 16.2. The highest BCUT2D eigenvalue weighted by Gasteiger charge is 2.04. The topological polar surface area (TPSA) is 79.5 Å². The van der Waals surface area contributed by atoms with Gasteiger partial charge < -0.3 is 16.4 Å². The van der Waals surface area contributed by atoms with Gasteiger partial charge in [0.05, 0.1) is 0 Å². The maximum atomic E-state index is 11.9. The Kier molecular flexibility index (Phi) is 6.62. The van der Waals surface area contributed by atoms with Crippen LogP contribution in [0.4, 0.5) is 5.69 Å². The van der Waals surface area contributed by atoms with Gasteiger partial charge in [0.15, 0.2) is 5.96 Å². The van der Waals surface area contributed by atoms with Crippen LogP contribution in [0.1, 0.15) is 16.8 Å². The van der Waals surface area contributed by atoms with Gasteiger partial charge in [-0.3, -0.25) is 9.79 Å². The number of nitrogens with zero attached hydrogens (tertiary/aromatic N) is 1. The van der Waals surface area contributed by atoms with Crippen LogP contribution < -0.4 is 16.4 Å². The molecule has 0 heterocycles. The lowest BCUT2D eigenvalue weighted by molar-refractivity contribution is 0.0953. The zero-order valence-corrected chi connectivity index (χ0v) is 14.2. The van der Waals surface area contributed by atoms with Crippen LogP contribution in [-0.4, -0.2) is 25.0 Å². The van der Waals surface area contributed by atoms with Gasteiger partial charge in [-0.15, -0.1) is 0 Å². The van der Waals surface area contributed by atoms with E-state index in [1.165, 1.54) is 0 Å². The molecule has 23 heavy (non-hydrogen) atoms. The molecule has 0 aliphatic rings. The summed E-state index contributed by atoms with van der Waals surface area (Å²) in [6.45, 7) is 1.10. The SMILES string of the molecule is NC(=NCCCNC(=O)c1cccc(Br)c1)Nc1ccccc1. The largest absolute Gasteiger partial charge is 0.370 e. The fraction of sp³-hybridized carbons (Fsp3) is 0.176. The van der Waals surface area contributed by atoms with Crippen LogP contribution in [0.15, 0.2) is 64.1 Å². The van der Waals surface area contributed by atoms with Crippen molar-refractivity contribution in [2.45, 2.75) is 6.42 Å². The van der Waals surface area contributed by atoms with Crippen molar-refractivity contribution >= 4 is 33.5 Å². The summed E-state index contributed by atoms with van der Waals surface area (Å²) in [5.74, 6) is 0.278. The van der Waals surface area contributed by atoms with Crippen molar-refractivity contribution in [2.24, 2.45) is 10.7 Å². The van der Waals surface area contributed by atoms with Gasteiger partial charge in [0.1, 0.15) is 0 Å². The first-order valence-corrected chi connectivity index (χ1v) is 8.10. The van der Waals surface area contributed by atoms with Crippen LogP contribution in [-0.2, 0) is 0 Å². The number of amides is 1. The molecule has 0 bridgehead atoms. The van der Waals surface area contributed by atoms with Crippen molar-refractivity contribution in [1.82, 2.24) is 5.32 Å². The standard InChI is InChI=1S/C17H19BrN4O/c18-14-7-4-6-13(12-14)16(23)20-10-5-11-21-17(19)22-15-8-2-1-3-9-15/h1-4,6-9,12H,5,10-11H2,(H,20,23)(H3,19,21,22). The lowest BCUT2D eigenvalue weighted by Gasteiger charge is -2.06. The molecule has 0 saturated carbocycles. The van der Waals surface area contributed by atoms with Crippen LogP contribution >= 0.6 is 15.9 Å². The van der Waals surface area contributed by atoms with Crippen LogP contribution in [0.25, 0.3) is 0 Å². The molecule has 0 atom stereocenters. The van der Waals surface area contributed by atoms with Crippen LogP contribution in [0.5, 0.6) is 0 Å². The van der Waals surface area contributed by atoms with E-state index in [1.54, 1.807) is 12.1 Å². The zero-order valence-electron chi connectivity index (χ0n) is 12.6. The molecule has 120 valence electrons. The Balaban J connectivity index is 1.69. The van der Waals surface area contributed by atoms with E-state index < -0.39 is 0 Å². The normalized spacial score (nSPS) is 11.1. The maximum absolute atomic E-state index is 11.9. The van der Waals surface area contributed by atoms with Crippen molar-refractivity contribution in [3.63, 3.8) is 0 Å². The molecule has 0 aliphatic heterocycles. The minimum absolute atomic E-state index is 0.0920. The third kappa shape index (κ3) is 6.12. The Hall–Kier alpha value is -2.34. The summed E-state index contributed by atoms with van der Waals surface area (Å²) < 4.78 is 0.884. The fourth-order valence-corrected chi connectivity index (χ4v) is 2.32. The molecule has 1 amide bonds. The van der Waals surface area contributed by atoms with Crippen LogP contribution in [0, 0.1) is 0 Å². The molecule has 0 saturated heterocycles. The number of guanidine groups is 1. The number of para-hydroxylation sites is 1. The molecule has 5 nitrogen and oxygen atoms in total. The molecule has 0 unspecified atom stereocenters. The number of carbonyl (C=O) groups excluding carboxylic acids is 1. The van der Waals surface area contributed by atoms with Crippen molar-refractivity contribution < 1.29 is 4.79 Å². The average Bonchev–Trinajstić information content (AvgIpc) is 2.55. The van der Waals surface area contributed by atoms with E-state index in [9.17, 15) is 4.79 Å². The van der Waals surface area contributed by atoms with E-state index in [-0.39, 0.29) is 5.91 Å². The molecule has 6 heteroatoms. The van der Waals surface area contributed by atoms with E-state index >= 15 is 0 Å². The predicted molar refractivity (Wildman–Crippen MR) is 97.6 cm³/mol. The van der Waals surface area contributed by atoms with Gasteiger partial charge in [0.25, 0.3) is 5.91 Å². The van der Waals surface area contributed by atoms with Gasteiger partial charge >= 0.3 is 0 Å². The van der Waals surface area contributed by atoms with E-state index in [0.717, 1.165) is 16.6 Å². The highest BCUT2D eigenvalue weighted by atomic mass is 79.9. The third-order valence-corrected chi connectivity index (χ3v) is 3.53. The molecule has 4 N–H and O–H groups in total. The van der Waals surface area contributed by atoms with Crippen molar-refractivity contribution in [1.29, 1.82) is 0 Å². The minimum Gasteiger partial charge on any atom is -0.370 e. The molecule has 0 fully saturated rings. The number of nitrogens with one attached hydrogen (secondary N) is 2. The Labute approximate surface area is 144 Å². The molecule has 0 aliphatic carbocycles. The van der Waals surface area contributed by atoms with E-state index in [1.807, 2.05) is 42.5 Å². The molecule has 2 rings (SSSR count). The zero-order chi connectivity index (χ0) is 16.5. The second kappa shape index (κ2) is 8.95. The molecular weight excluding hydrogens is 356 g/mol. The Bertz CT molecular complexity index is 673. The van der Waals surface area contributed by atoms with Crippen molar-refractivity contribution in [3.05, 3.63) is 64.6 Å². The van der Waals surface area contributed by atoms with Gasteiger partial charge in [-0.25, -0.2) is 0 Å². The number of nitrogens with two attached hydrogens (primary N) is 1. The second-order valence-corrected chi connectivity index (χ2v) is 5.79. The summed E-state index contributed by atoms with van der Waals surface area (Å²) >= 11 is 3.35. The number of aliphatic imine (C=N–C) groups is 1. The molecule has 0 radical (unpaired) electrons. The number of carbonyl (C=O) groups is 1. The number of hydrogen-bond acceptors (Lipinski definition) is 2. The molecule has 2 aromatic carbocycles. The van der Waals surface area contributed by atoms with Gasteiger partial charge in [-0.1, -0.05) is 40.2 Å². The molecule has 0 aromatic heterocycles. The summed E-state index contributed by atoms with van der Waals surface area (Å²) in [5, 5.41) is 5.87. The molecule has 2 aromatic rings. The predicted octanol–water partition coefficient (Wildman–Crippen LogP) is 3.00. The van der Waals surface area contributed by atoms with Crippen LogP contribution in [0.3, 0.4) is 0 Å². The van der Waals surface area contributed by atoms with Gasteiger partial charge in [0.2, 0.25) is 0 Å². The van der Waals surface area contributed by atoms with Gasteiger partial charge in [0, 0.05) is 28.8 Å². The Morgan fingerprint density at radius 1 is 1.13 bits per heavy atom. The Morgan fingerprint density at radius 2 is 1.91 bits per heavy atom. The van der Waals surface area contributed by atoms with Gasteiger partial charge in [-0.05, 0) is 36.8 Å². The third-order valence-electron chi connectivity index (χ3n) is 3.04. The highest BCUT2D eigenvalue weighted by Crippen LogP contribution is 2.11. The lowest BCUT2D eigenvalue weighted by Crippen LogP contribution is -2.26. The van der Waals surface area contributed by atoms with Crippen molar-refractivity contribution in [3.8, 4) is 0 Å². The number of halogens is 1. The fourth-order valence-electron chi connectivity index (χ4n) is 1.92. The lowest BCUT2D eigenvalue weighted by atomic mass is 10.2. The average molecular weight is 375 g/mol. The first-order chi connectivity index (χ1) is 11.1. The summed E-state index contributed by atoms with van der Waals surface area (Å²) in [6.07, 6.45) is 0.719. The Morgan fingerprint density at radius 3 is 2.65 bits per heavy atom. The first kappa shape index (κ1) is 17.0. The van der Waals surface area contributed by atoms with E-state index in [2.05, 4.69) is 31.6 Å². The number of rotatable bonds is 6. The summed E-state index contributed by atoms with van der Waals surface area (Å²) in [5.41, 5.74) is 7.33. The summed E-state index contributed by atoms with van der Waals surface area (Å²) in [7, 11) is 0. The smallest absolute Gasteiger partial charge is 0.251 e. The van der Waals surface area contributed by atoms with Gasteiger partial charge in [-0.2, -0.15) is 0 Å². The number of hydrogen-bond donors (Lipinski definition) is 3. The molecule has 0 spiro atoms. The quantitative estimate of drug-likeness (QED) is 0.413. The number of benzene rings is 2. The highest BCUT2D eigenvalue weighted by molar-refractivity contribution is 9.10. The molecular formula is C17H19BrN4O. The van der Waals surface area contributed by atoms with E-state index in [0.29, 0.717) is 24.6 Å². The summed E-state index contributed by atoms with van der Waals surface area (Å²) in [6, 6.07) is 16.9. The minimum atomic E-state index is -0.0920. The monoisotopic (exact) mass is 374 g/mol. The number of anilines is 1.